The van der Waals surface area contributed by atoms with Crippen molar-refractivity contribution in [2.24, 2.45) is 16.6 Å². The largest absolute Gasteiger partial charge is 1.00 e. The number of halogens is 10. The Kier molecular flexibility index (Phi) is 125. The standard InChI is InChI=1S/C8H11NO2S.C7H11ClO3.C7H12O3.C6H8ClNS.C6H8N4S.C6H10N2S.C6H9NOS.C4H8O.C2H6O.2CH2Cl2.CH3F.CH3NS.2CH4.Cl2O2S.ClH.N3.Na/c1-3-6-7(12-5-9-6)8(10)11-4-2;1-3-5(9)6(8)7(10)11-4-2;1-3-6(8)5-7(9)10-4-2;1-2-5-6(3-7)9-4-8-5;1-2-5-6(3-9-10-7)11-4-8-5;1-2-5-6(3-7)9-4-8-5;1-2-5-6(3-8)9-4-7-5;1-2-4-5-3-1;1-2-3;2*2-1-3;1-2;2-1-3;;;1-5(2,3)4;;1-3-2;/h5H,3-4H2,1-2H3;6H,3-4H2,1-2H3;3-5H2,1-2H3;4H,2-3H2,1H3;4H,2-3H2,1H3;4H,2-3,7H2,1H3;4,8H,2-3H2,1H3;1-4H2;3H,2H2,1H3;2*1H2;1H3;1H,(H2,2,3);2*1H4;;1H;;/q;;;;;;;;;;;;;;;;;-1;+1/i;;;;;;;;;;;1D;;;;;;;. The van der Waals surface area contributed by atoms with Crippen LogP contribution in [0.5, 0.6) is 0 Å². The van der Waals surface area contributed by atoms with Gasteiger partial charge in [0.05, 0.1) is 124 Å². The number of hydrogen-bond donors (Lipinski definition) is 4. The van der Waals surface area contributed by atoms with Gasteiger partial charge in [-0.1, -0.05) is 80.7 Å². The molecule has 5 aromatic heterocycles. The SMILES string of the molecule is C.C.C1CCOC1.CCO.CCOC(=O)C(Cl)C(=O)CC.CCOC(=O)CC(=O)CC.CCOC(=O)c1scnc1CC.CCc1ncsc1CCl.CCc1ncsc1CN.CCc1ncsc1CN=[N+]=[N-].CCc1ncsc1CO.Cl.ClCCl.ClCCl.NC=S.O=S(=O)(Cl)Cl.[2H]CF.[N-]=[N+]=[N-].[Na+]. The van der Waals surface area contributed by atoms with Gasteiger partial charge in [0.25, 0.3) is 0 Å². The average molecular weight is 1780 g/mol. The first-order valence-corrected chi connectivity index (χ1v) is 39.9. The van der Waals surface area contributed by atoms with Crippen molar-refractivity contribution in [1.29, 1.82) is 0 Å². The van der Waals surface area contributed by atoms with Crippen molar-refractivity contribution in [3.8, 4) is 0 Å². The van der Waals surface area contributed by atoms with E-state index in [2.05, 4.69) is 97.6 Å². The van der Waals surface area contributed by atoms with Crippen molar-refractivity contribution in [2.75, 3.05) is 57.5 Å². The van der Waals surface area contributed by atoms with E-state index in [0.717, 1.165) is 89.0 Å². The van der Waals surface area contributed by atoms with Crippen LogP contribution in [-0.4, -0.2) is 141 Å². The van der Waals surface area contributed by atoms with E-state index in [1.807, 2.05) is 31.8 Å². The molecule has 0 bridgehead atoms. The van der Waals surface area contributed by atoms with E-state index >= 15 is 0 Å². The number of Topliss-reactive ketones (excluding diaryl/α,β-unsaturated/α-hetero) is 2. The van der Waals surface area contributed by atoms with Crippen LogP contribution in [0.3, 0.4) is 0 Å². The van der Waals surface area contributed by atoms with Gasteiger partial charge >= 0.3 is 55.7 Å². The maximum Gasteiger partial charge on any atom is 1.00 e. The second-order valence-corrected chi connectivity index (χ2v) is 26.5. The molecule has 1 atom stereocenters. The van der Waals surface area contributed by atoms with Gasteiger partial charge in [0.1, 0.15) is 17.1 Å². The number of thiocarbonyl (C=S) groups is 1. The van der Waals surface area contributed by atoms with E-state index in [-0.39, 0.29) is 118 Å². The fourth-order valence-corrected chi connectivity index (χ4v) is 9.64. The van der Waals surface area contributed by atoms with Gasteiger partial charge in [-0.3, -0.25) is 23.7 Å². The van der Waals surface area contributed by atoms with Crippen molar-refractivity contribution in [2.45, 2.75) is 186 Å². The van der Waals surface area contributed by atoms with E-state index in [0.29, 0.717) is 43.5 Å². The second-order valence-electron chi connectivity index (χ2n) is 15.6. The maximum absolute atomic E-state index is 11.2. The summed E-state index contributed by atoms with van der Waals surface area (Å²) in [6.45, 7) is 24.9. The van der Waals surface area contributed by atoms with Crippen molar-refractivity contribution in [1.82, 2.24) is 24.9 Å². The third-order valence-electron chi connectivity index (χ3n) is 9.40. The number of aryl methyl sites for hydroxylation is 5. The van der Waals surface area contributed by atoms with Gasteiger partial charge < -0.3 is 51.7 Å². The number of ketones is 2. The Morgan fingerprint density at radius 3 is 1.31 bits per heavy atom. The summed E-state index contributed by atoms with van der Waals surface area (Å²) in [7, 11) is 3.81. The molecule has 0 radical (unpaired) electrons. The minimum atomic E-state index is -3.72. The number of azide groups is 1. The molecule has 6 heterocycles. The number of thiazole rings is 5. The molecular formula is C58H102Cl9FN13NaO13S7. The third-order valence-corrected chi connectivity index (χ3v) is 14.6. The van der Waals surface area contributed by atoms with Crippen molar-refractivity contribution >= 4 is 216 Å². The summed E-state index contributed by atoms with van der Waals surface area (Å²) in [5.41, 5.74) is 46.8. The molecule has 1 unspecified atom stereocenters. The average Bonchev–Trinajstić information content (AvgIpc) is 1.77. The zero-order valence-electron chi connectivity index (χ0n) is 58.9. The fourth-order valence-electron chi connectivity index (χ4n) is 5.37. The topological polar surface area (TPSA) is 421 Å². The van der Waals surface area contributed by atoms with Crippen molar-refractivity contribution in [3.63, 3.8) is 0 Å². The summed E-state index contributed by atoms with van der Waals surface area (Å²) < 4.78 is 52.7. The van der Waals surface area contributed by atoms with Crippen LogP contribution in [0, 0.1) is 0 Å². The molecule has 44 heteroatoms. The monoisotopic (exact) mass is 1770 g/mol. The smallest absolute Gasteiger partial charge is 0.466 e. The van der Waals surface area contributed by atoms with Gasteiger partial charge in [0.2, 0.25) is 0 Å². The maximum atomic E-state index is 11.2. The Bertz CT molecular complexity index is 2720. The molecule has 590 valence electrons. The number of esters is 3. The number of carbonyl (C=O) groups is 5. The Morgan fingerprint density at radius 2 is 1.03 bits per heavy atom. The zero-order chi connectivity index (χ0) is 78.3. The predicted octanol–water partition coefficient (Wildman–Crippen LogP) is 15.7. The van der Waals surface area contributed by atoms with Gasteiger partial charge in [-0.25, -0.2) is 34.5 Å². The quantitative estimate of drug-likeness (QED) is 0.00537. The molecule has 0 amide bonds. The molecule has 26 nitrogen and oxygen atoms in total. The fraction of sp³-hybridized carbons (Fsp3) is 0.638. The van der Waals surface area contributed by atoms with Crippen LogP contribution >= 0.6 is 172 Å². The van der Waals surface area contributed by atoms with E-state index in [1.54, 1.807) is 80.7 Å². The van der Waals surface area contributed by atoms with Crippen LogP contribution in [0.1, 0.15) is 182 Å². The van der Waals surface area contributed by atoms with Crippen LogP contribution in [0.25, 0.3) is 26.4 Å². The number of rotatable bonds is 20. The van der Waals surface area contributed by atoms with Crippen LogP contribution < -0.4 is 41.0 Å². The molecule has 1 saturated heterocycles. The van der Waals surface area contributed by atoms with Crippen LogP contribution in [-0.2, 0) is 104 Å². The van der Waals surface area contributed by atoms with E-state index < -0.39 is 32.7 Å². The first-order valence-electron chi connectivity index (χ1n) is 29.5. The predicted molar refractivity (Wildman–Crippen MR) is 430 cm³/mol. The first kappa shape index (κ1) is 126. The Balaban J connectivity index is -0.0000000782. The van der Waals surface area contributed by atoms with Gasteiger partial charge in [0, 0.05) is 80.1 Å². The van der Waals surface area contributed by atoms with E-state index in [9.17, 15) is 28.4 Å². The number of hydrogen-bond acceptors (Lipinski definition) is 26. The molecule has 6 rings (SSSR count). The molecular weight excluding hydrogens is 1670 g/mol. The Morgan fingerprint density at radius 1 is 0.696 bits per heavy atom. The Labute approximate surface area is 697 Å². The zero-order valence-corrected chi connectivity index (χ0v) is 72.5. The molecule has 5 aromatic rings. The summed E-state index contributed by atoms with van der Waals surface area (Å²) in [6, 6.07) is 0. The van der Waals surface area contributed by atoms with E-state index in [1.165, 1.54) is 61.5 Å². The number of alkyl halides is 7. The number of carbonyl (C=O) groups excluding carboxylic acids is 5. The number of aromatic nitrogens is 5. The van der Waals surface area contributed by atoms with Gasteiger partial charge in [-0.05, 0) is 78.2 Å². The van der Waals surface area contributed by atoms with Crippen LogP contribution in [0.2, 0.25) is 0 Å². The molecule has 0 spiro atoms. The van der Waals surface area contributed by atoms with Crippen LogP contribution in [0.15, 0.2) is 32.7 Å². The van der Waals surface area contributed by atoms with Crippen LogP contribution in [0.4, 0.5) is 4.39 Å². The summed E-state index contributed by atoms with van der Waals surface area (Å²) >= 11 is 41.8. The van der Waals surface area contributed by atoms with Crippen molar-refractivity contribution in [3.05, 3.63) is 107 Å². The molecule has 102 heavy (non-hydrogen) atoms. The molecule has 0 aliphatic carbocycles. The van der Waals surface area contributed by atoms with Gasteiger partial charge in [-0.2, -0.15) is 8.42 Å². The third kappa shape index (κ3) is 88.4. The van der Waals surface area contributed by atoms with Gasteiger partial charge in [-0.15, -0.1) is 139 Å². The normalized spacial score (nSPS) is 9.66. The molecule has 1 fully saturated rings. The summed E-state index contributed by atoms with van der Waals surface area (Å²) in [6.07, 6.45) is 7.72. The summed E-state index contributed by atoms with van der Waals surface area (Å²) in [5, 5.41) is 19.0. The Hall–Kier alpha value is -2.26. The number of aliphatic hydroxyl groups is 2. The van der Waals surface area contributed by atoms with Crippen molar-refractivity contribution < 1.29 is 96.9 Å². The van der Waals surface area contributed by atoms with Gasteiger partial charge in [0.15, 0.2) is 11.2 Å². The number of nitrogens with zero attached hydrogens (tertiary/aromatic N) is 11. The first-order chi connectivity index (χ1) is 47.1. The molecule has 1 aliphatic rings. The molecule has 1 aliphatic heterocycles. The second kappa shape index (κ2) is 101. The molecule has 6 N–H and O–H groups in total. The minimum absolute atomic E-state index is 0. The van der Waals surface area contributed by atoms with E-state index in [4.69, 9.17) is 121 Å². The minimum Gasteiger partial charge on any atom is -0.466 e. The summed E-state index contributed by atoms with van der Waals surface area (Å²) in [5.74, 6) is -1.09. The number of ether oxygens (including phenoxy) is 4. The molecule has 0 aromatic carbocycles. The molecule has 0 saturated carbocycles. The number of nitrogens with two attached hydrogens (primary N) is 2. The summed E-state index contributed by atoms with van der Waals surface area (Å²) in [4.78, 5) is 83.8. The number of aliphatic hydroxyl groups excluding tert-OH is 2.